The quantitative estimate of drug-likeness (QED) is 0.817. The summed E-state index contributed by atoms with van der Waals surface area (Å²) in [7, 11) is 2.66. The van der Waals surface area contributed by atoms with Crippen molar-refractivity contribution in [2.24, 2.45) is 0 Å². The van der Waals surface area contributed by atoms with Gasteiger partial charge in [-0.05, 0) is 24.8 Å². The smallest absolute Gasteiger partial charge is 0.340 e. The lowest BCUT2D eigenvalue weighted by Crippen LogP contribution is -2.14. The van der Waals surface area contributed by atoms with Gasteiger partial charge >= 0.3 is 11.9 Å². The number of rotatable bonds is 3. The number of fused-ring (bicyclic) bond motifs is 1. The molecule has 0 saturated heterocycles. The van der Waals surface area contributed by atoms with Crippen molar-refractivity contribution in [3.8, 4) is 11.3 Å². The van der Waals surface area contributed by atoms with Gasteiger partial charge in [0, 0.05) is 12.2 Å². The third kappa shape index (κ3) is 2.52. The van der Waals surface area contributed by atoms with E-state index in [0.29, 0.717) is 11.1 Å². The van der Waals surface area contributed by atoms with E-state index in [9.17, 15) is 9.59 Å². The molecule has 3 rings (SSSR count). The molecule has 1 aromatic heterocycles. The summed E-state index contributed by atoms with van der Waals surface area (Å²) < 4.78 is 11.9. The zero-order valence-electron chi connectivity index (χ0n) is 13.3. The number of esters is 2. The zero-order valence-corrected chi connectivity index (χ0v) is 13.3. The summed E-state index contributed by atoms with van der Waals surface area (Å²) in [5.74, 6) is -0.996. The first-order valence-electron chi connectivity index (χ1n) is 7.66. The van der Waals surface area contributed by atoms with Gasteiger partial charge in [-0.1, -0.05) is 30.3 Å². The van der Waals surface area contributed by atoms with Gasteiger partial charge < -0.3 is 14.0 Å². The van der Waals surface area contributed by atoms with Gasteiger partial charge in [-0.15, -0.1) is 0 Å². The second-order valence-electron chi connectivity index (χ2n) is 5.50. The number of ether oxygens (including phenoxy) is 2. The van der Waals surface area contributed by atoms with E-state index in [1.165, 1.54) is 14.2 Å². The lowest BCUT2D eigenvalue weighted by Gasteiger charge is -2.18. The number of hydrogen-bond donors (Lipinski definition) is 0. The third-order valence-corrected chi connectivity index (χ3v) is 4.24. The fraction of sp³-hybridized carbons (Fsp3) is 0.333. The van der Waals surface area contributed by atoms with Crippen LogP contribution in [0.2, 0.25) is 0 Å². The van der Waals surface area contributed by atoms with E-state index in [-0.39, 0.29) is 0 Å². The van der Waals surface area contributed by atoms with Gasteiger partial charge in [0.05, 0.1) is 25.5 Å². The molecule has 2 aromatic rings. The summed E-state index contributed by atoms with van der Waals surface area (Å²) in [6.07, 6.45) is 2.76. The molecular weight excluding hydrogens is 294 g/mol. The number of carbonyl (C=O) groups excluding carboxylic acids is 2. The van der Waals surface area contributed by atoms with Crippen molar-refractivity contribution in [1.29, 1.82) is 0 Å². The zero-order chi connectivity index (χ0) is 16.4. The van der Waals surface area contributed by atoms with Crippen LogP contribution in [0.15, 0.2) is 30.3 Å². The van der Waals surface area contributed by atoms with Crippen LogP contribution in [0, 0.1) is 0 Å². The maximum absolute atomic E-state index is 12.4. The van der Waals surface area contributed by atoms with Gasteiger partial charge in [0.25, 0.3) is 0 Å². The highest BCUT2D eigenvalue weighted by Crippen LogP contribution is 2.36. The fourth-order valence-corrected chi connectivity index (χ4v) is 3.26. The Kier molecular flexibility index (Phi) is 4.19. The first kappa shape index (κ1) is 15.3. The molecule has 0 fully saturated rings. The van der Waals surface area contributed by atoms with Crippen molar-refractivity contribution < 1.29 is 19.1 Å². The molecule has 0 unspecified atom stereocenters. The molecule has 5 nitrogen and oxygen atoms in total. The first-order valence-corrected chi connectivity index (χ1v) is 7.66. The molecule has 5 heteroatoms. The van der Waals surface area contributed by atoms with E-state index < -0.39 is 11.9 Å². The van der Waals surface area contributed by atoms with Crippen molar-refractivity contribution >= 4 is 11.9 Å². The van der Waals surface area contributed by atoms with Gasteiger partial charge in [-0.2, -0.15) is 0 Å². The molecule has 0 radical (unpaired) electrons. The molecule has 1 aliphatic rings. The van der Waals surface area contributed by atoms with Crippen molar-refractivity contribution in [3.63, 3.8) is 0 Å². The SMILES string of the molecule is COC(=O)c1c(C(=O)OC)c(-c2ccccc2)n2c1CCCC2. The summed E-state index contributed by atoms with van der Waals surface area (Å²) in [5.41, 5.74) is 3.15. The van der Waals surface area contributed by atoms with Crippen LogP contribution >= 0.6 is 0 Å². The van der Waals surface area contributed by atoms with Gasteiger partial charge in [-0.3, -0.25) is 0 Å². The topological polar surface area (TPSA) is 57.5 Å². The number of benzene rings is 1. The van der Waals surface area contributed by atoms with E-state index >= 15 is 0 Å². The maximum Gasteiger partial charge on any atom is 0.340 e. The summed E-state index contributed by atoms with van der Waals surface area (Å²) in [4.78, 5) is 24.8. The Hall–Kier alpha value is -2.56. The van der Waals surface area contributed by atoms with E-state index in [1.807, 2.05) is 30.3 Å². The highest BCUT2D eigenvalue weighted by atomic mass is 16.5. The van der Waals surface area contributed by atoms with Gasteiger partial charge in [0.15, 0.2) is 0 Å². The highest BCUT2D eigenvalue weighted by Gasteiger charge is 2.33. The molecule has 0 spiro atoms. The van der Waals surface area contributed by atoms with Crippen LogP contribution in [-0.4, -0.2) is 30.7 Å². The van der Waals surface area contributed by atoms with Crippen molar-refractivity contribution in [1.82, 2.24) is 4.57 Å². The molecule has 23 heavy (non-hydrogen) atoms. The summed E-state index contributed by atoms with van der Waals surface area (Å²) in [5, 5.41) is 0. The Morgan fingerprint density at radius 2 is 1.61 bits per heavy atom. The maximum atomic E-state index is 12.4. The molecule has 0 saturated carbocycles. The van der Waals surface area contributed by atoms with Crippen LogP contribution in [0.3, 0.4) is 0 Å². The molecule has 0 N–H and O–H groups in total. The Bertz CT molecular complexity index is 746. The lowest BCUT2D eigenvalue weighted by molar-refractivity contribution is 0.0556. The molecule has 2 heterocycles. The lowest BCUT2D eigenvalue weighted by atomic mass is 10.0. The third-order valence-electron chi connectivity index (χ3n) is 4.24. The second kappa shape index (κ2) is 6.28. The second-order valence-corrected chi connectivity index (χ2v) is 5.50. The number of carbonyl (C=O) groups is 2. The minimum absolute atomic E-state index is 0.308. The van der Waals surface area contributed by atoms with Crippen LogP contribution in [0.4, 0.5) is 0 Å². The van der Waals surface area contributed by atoms with Crippen LogP contribution in [0.5, 0.6) is 0 Å². The predicted molar refractivity (Wildman–Crippen MR) is 85.5 cm³/mol. The number of methoxy groups -OCH3 is 2. The van der Waals surface area contributed by atoms with Crippen LogP contribution in [0.1, 0.15) is 39.3 Å². The Labute approximate surface area is 134 Å². The number of nitrogens with zero attached hydrogens (tertiary/aromatic N) is 1. The average Bonchev–Trinajstić information content (AvgIpc) is 2.96. The number of aromatic nitrogens is 1. The monoisotopic (exact) mass is 313 g/mol. The molecular formula is C18H19NO4. The standard InChI is InChI=1S/C18H19NO4/c1-22-17(20)14-13-10-6-7-11-19(13)16(15(14)18(21)23-2)12-8-4-3-5-9-12/h3-5,8-9H,6-7,10-11H2,1-2H3. The van der Waals surface area contributed by atoms with Crippen molar-refractivity contribution in [2.75, 3.05) is 14.2 Å². The van der Waals surface area contributed by atoms with Crippen LogP contribution < -0.4 is 0 Å². The van der Waals surface area contributed by atoms with E-state index in [4.69, 9.17) is 9.47 Å². The molecule has 120 valence electrons. The molecule has 0 bridgehead atoms. The fourth-order valence-electron chi connectivity index (χ4n) is 3.26. The predicted octanol–water partition coefficient (Wildman–Crippen LogP) is 3.06. The number of hydrogen-bond acceptors (Lipinski definition) is 4. The van der Waals surface area contributed by atoms with Gasteiger partial charge in [-0.25, -0.2) is 9.59 Å². The van der Waals surface area contributed by atoms with E-state index in [0.717, 1.165) is 42.8 Å². The Balaban J connectivity index is 2.35. The molecule has 0 atom stereocenters. The van der Waals surface area contributed by atoms with Crippen molar-refractivity contribution in [2.45, 2.75) is 25.8 Å². The molecule has 0 amide bonds. The first-order chi connectivity index (χ1) is 11.2. The molecule has 0 aliphatic carbocycles. The van der Waals surface area contributed by atoms with Crippen LogP contribution in [0.25, 0.3) is 11.3 Å². The van der Waals surface area contributed by atoms with Gasteiger partial charge in [0.1, 0.15) is 5.56 Å². The summed E-state index contributed by atoms with van der Waals surface area (Å²) in [6, 6.07) is 9.62. The Morgan fingerprint density at radius 3 is 2.26 bits per heavy atom. The largest absolute Gasteiger partial charge is 0.465 e. The van der Waals surface area contributed by atoms with Crippen molar-refractivity contribution in [3.05, 3.63) is 47.2 Å². The molecule has 1 aromatic carbocycles. The van der Waals surface area contributed by atoms with E-state index in [1.54, 1.807) is 0 Å². The van der Waals surface area contributed by atoms with Gasteiger partial charge in [0.2, 0.25) is 0 Å². The van der Waals surface area contributed by atoms with E-state index in [2.05, 4.69) is 4.57 Å². The highest BCUT2D eigenvalue weighted by molar-refractivity contribution is 6.08. The molecule has 1 aliphatic heterocycles. The summed E-state index contributed by atoms with van der Waals surface area (Å²) >= 11 is 0. The normalized spacial score (nSPS) is 13.3. The van der Waals surface area contributed by atoms with Crippen LogP contribution in [-0.2, 0) is 22.4 Å². The average molecular weight is 313 g/mol. The minimum atomic E-state index is -0.508. The minimum Gasteiger partial charge on any atom is -0.465 e. The summed E-state index contributed by atoms with van der Waals surface area (Å²) in [6.45, 7) is 0.778. The Morgan fingerprint density at radius 1 is 0.957 bits per heavy atom.